The van der Waals surface area contributed by atoms with Crippen LogP contribution in [0.4, 0.5) is 4.39 Å². The molecule has 0 spiro atoms. The summed E-state index contributed by atoms with van der Waals surface area (Å²) in [5, 5.41) is 0. The number of esters is 1. The third-order valence-electron chi connectivity index (χ3n) is 4.95. The van der Waals surface area contributed by atoms with Gasteiger partial charge in [0.15, 0.2) is 0 Å². The van der Waals surface area contributed by atoms with Gasteiger partial charge in [0.2, 0.25) is 5.91 Å². The lowest BCUT2D eigenvalue weighted by Gasteiger charge is -2.32. The van der Waals surface area contributed by atoms with E-state index in [9.17, 15) is 14.0 Å². The third-order valence-corrected chi connectivity index (χ3v) is 4.95. The van der Waals surface area contributed by atoms with E-state index in [1.54, 1.807) is 25.1 Å². The molecule has 0 aliphatic heterocycles. The molecule has 27 heavy (non-hydrogen) atoms. The summed E-state index contributed by atoms with van der Waals surface area (Å²) in [6, 6.07) is 6.18. The summed E-state index contributed by atoms with van der Waals surface area (Å²) in [4.78, 5) is 26.5. The summed E-state index contributed by atoms with van der Waals surface area (Å²) in [6.45, 7) is 2.50. The Morgan fingerprint density at radius 2 is 1.74 bits per heavy atom. The zero-order chi connectivity index (χ0) is 19.5. The second-order valence-corrected chi connectivity index (χ2v) is 6.97. The molecule has 0 saturated heterocycles. The van der Waals surface area contributed by atoms with E-state index in [1.165, 1.54) is 37.5 Å². The molecule has 0 atom stereocenters. The van der Waals surface area contributed by atoms with Crippen LogP contribution in [0.25, 0.3) is 6.08 Å². The molecule has 1 amide bonds. The molecule has 0 N–H and O–H groups in total. The summed E-state index contributed by atoms with van der Waals surface area (Å²) in [7, 11) is 0. The van der Waals surface area contributed by atoms with E-state index in [2.05, 4.69) is 0 Å². The Labute approximate surface area is 161 Å². The van der Waals surface area contributed by atoms with Crippen LogP contribution >= 0.6 is 0 Å². The summed E-state index contributed by atoms with van der Waals surface area (Å²) < 4.78 is 18.0. The van der Waals surface area contributed by atoms with Gasteiger partial charge in [-0.05, 0) is 43.5 Å². The van der Waals surface area contributed by atoms with Crippen molar-refractivity contribution in [1.82, 2.24) is 4.90 Å². The molecule has 0 radical (unpaired) electrons. The smallest absolute Gasteiger partial charge is 0.307 e. The second-order valence-electron chi connectivity index (χ2n) is 6.97. The largest absolute Gasteiger partial charge is 0.466 e. The van der Waals surface area contributed by atoms with Crippen LogP contribution in [0.2, 0.25) is 0 Å². The van der Waals surface area contributed by atoms with Crippen LogP contribution in [-0.4, -0.2) is 36.0 Å². The van der Waals surface area contributed by atoms with Gasteiger partial charge in [0, 0.05) is 18.7 Å². The van der Waals surface area contributed by atoms with E-state index in [-0.39, 0.29) is 30.2 Å². The zero-order valence-corrected chi connectivity index (χ0v) is 16.2. The van der Waals surface area contributed by atoms with Crippen LogP contribution in [-0.2, 0) is 14.3 Å². The fourth-order valence-electron chi connectivity index (χ4n) is 3.50. The zero-order valence-electron chi connectivity index (χ0n) is 16.2. The van der Waals surface area contributed by atoms with Crippen molar-refractivity contribution in [2.75, 3.05) is 13.2 Å². The Hall–Kier alpha value is -2.17. The first-order chi connectivity index (χ1) is 13.1. The highest BCUT2D eigenvalue weighted by atomic mass is 19.1. The molecule has 0 unspecified atom stereocenters. The van der Waals surface area contributed by atoms with E-state index in [0.29, 0.717) is 13.2 Å². The van der Waals surface area contributed by atoms with Gasteiger partial charge in [0.05, 0.1) is 13.0 Å². The van der Waals surface area contributed by atoms with Gasteiger partial charge in [-0.15, -0.1) is 0 Å². The Morgan fingerprint density at radius 1 is 1.11 bits per heavy atom. The third kappa shape index (κ3) is 7.53. The Balaban J connectivity index is 2.06. The molecule has 5 heteroatoms. The minimum absolute atomic E-state index is 0.103. The van der Waals surface area contributed by atoms with Crippen molar-refractivity contribution in [3.8, 4) is 0 Å². The fourth-order valence-corrected chi connectivity index (χ4v) is 3.50. The van der Waals surface area contributed by atoms with Gasteiger partial charge in [0.1, 0.15) is 5.82 Å². The van der Waals surface area contributed by atoms with Crippen molar-refractivity contribution in [2.45, 2.75) is 64.3 Å². The molecule has 2 rings (SSSR count). The lowest BCUT2D eigenvalue weighted by atomic mass is 9.95. The normalized spacial score (nSPS) is 15.9. The summed E-state index contributed by atoms with van der Waals surface area (Å²) in [5.41, 5.74) is 0.771. The average Bonchev–Trinajstić information content (AvgIpc) is 2.63. The van der Waals surface area contributed by atoms with E-state index in [4.69, 9.17) is 4.74 Å². The highest BCUT2D eigenvalue weighted by Gasteiger charge is 2.23. The quantitative estimate of drug-likeness (QED) is 0.511. The lowest BCUT2D eigenvalue weighted by Crippen LogP contribution is -2.41. The predicted molar refractivity (Wildman–Crippen MR) is 105 cm³/mol. The maximum absolute atomic E-state index is 13.0. The van der Waals surface area contributed by atoms with Crippen molar-refractivity contribution in [1.29, 1.82) is 0 Å². The van der Waals surface area contributed by atoms with Gasteiger partial charge in [0.25, 0.3) is 0 Å². The SMILES string of the molecule is CCOC(=O)CCN(C(=O)/C=C/c1ccc(F)cc1)C1CCCCCCC1. The number of ether oxygens (including phenoxy) is 1. The first-order valence-corrected chi connectivity index (χ1v) is 10.00. The standard InChI is InChI=1S/C22H30FNO3/c1-2-27-22(26)16-17-24(20-8-6-4-3-5-7-9-20)21(25)15-12-18-10-13-19(23)14-11-18/h10-15,20H,2-9,16-17H2,1H3/b15-12+. The molecule has 1 aromatic rings. The fraction of sp³-hybridized carbons (Fsp3) is 0.545. The highest BCUT2D eigenvalue weighted by Crippen LogP contribution is 2.22. The van der Waals surface area contributed by atoms with Gasteiger partial charge in [-0.3, -0.25) is 9.59 Å². The second kappa shape index (κ2) is 11.5. The maximum Gasteiger partial charge on any atom is 0.307 e. The number of hydrogen-bond donors (Lipinski definition) is 0. The van der Waals surface area contributed by atoms with E-state index < -0.39 is 0 Å². The van der Waals surface area contributed by atoms with Crippen LogP contribution in [0.15, 0.2) is 30.3 Å². The molecule has 0 bridgehead atoms. The topological polar surface area (TPSA) is 46.6 Å². The number of amides is 1. The Morgan fingerprint density at radius 3 is 2.37 bits per heavy atom. The van der Waals surface area contributed by atoms with Crippen molar-refractivity contribution in [3.05, 3.63) is 41.7 Å². The van der Waals surface area contributed by atoms with Crippen molar-refractivity contribution >= 4 is 18.0 Å². The van der Waals surface area contributed by atoms with Crippen LogP contribution in [0.5, 0.6) is 0 Å². The van der Waals surface area contributed by atoms with Crippen LogP contribution in [0.3, 0.4) is 0 Å². The number of carbonyl (C=O) groups is 2. The van der Waals surface area contributed by atoms with Crippen LogP contribution in [0, 0.1) is 5.82 Å². The van der Waals surface area contributed by atoms with Crippen molar-refractivity contribution < 1.29 is 18.7 Å². The molecule has 1 fully saturated rings. The van der Waals surface area contributed by atoms with E-state index in [0.717, 1.165) is 31.2 Å². The average molecular weight is 375 g/mol. The Bertz CT molecular complexity index is 619. The van der Waals surface area contributed by atoms with Crippen molar-refractivity contribution in [3.63, 3.8) is 0 Å². The van der Waals surface area contributed by atoms with Gasteiger partial charge in [-0.2, -0.15) is 0 Å². The first-order valence-electron chi connectivity index (χ1n) is 10.00. The minimum Gasteiger partial charge on any atom is -0.466 e. The molecule has 1 aliphatic rings. The van der Waals surface area contributed by atoms with Gasteiger partial charge in [-0.1, -0.05) is 44.2 Å². The van der Waals surface area contributed by atoms with E-state index in [1.807, 2.05) is 4.90 Å². The van der Waals surface area contributed by atoms with Crippen LogP contribution in [0.1, 0.15) is 63.9 Å². The number of hydrogen-bond acceptors (Lipinski definition) is 3. The number of carbonyl (C=O) groups excluding carboxylic acids is 2. The number of halogens is 1. The molecule has 1 saturated carbocycles. The monoisotopic (exact) mass is 375 g/mol. The summed E-state index contributed by atoms with van der Waals surface area (Å²) >= 11 is 0. The lowest BCUT2D eigenvalue weighted by molar-refractivity contribution is -0.144. The molecule has 1 aliphatic carbocycles. The molecule has 0 aromatic heterocycles. The van der Waals surface area contributed by atoms with E-state index >= 15 is 0 Å². The number of rotatable bonds is 7. The Kier molecular flexibility index (Phi) is 9.02. The molecule has 0 heterocycles. The highest BCUT2D eigenvalue weighted by molar-refractivity contribution is 5.92. The van der Waals surface area contributed by atoms with Crippen molar-refractivity contribution in [2.24, 2.45) is 0 Å². The van der Waals surface area contributed by atoms with Gasteiger partial charge < -0.3 is 9.64 Å². The van der Waals surface area contributed by atoms with Gasteiger partial charge in [-0.25, -0.2) is 4.39 Å². The summed E-state index contributed by atoms with van der Waals surface area (Å²) in [5.74, 6) is -0.679. The minimum atomic E-state index is -0.302. The van der Waals surface area contributed by atoms with Crippen LogP contribution < -0.4 is 0 Å². The first kappa shape index (κ1) is 21.1. The molecule has 148 valence electrons. The van der Waals surface area contributed by atoms with Gasteiger partial charge >= 0.3 is 5.97 Å². The maximum atomic E-state index is 13.0. The molecular formula is C22H30FNO3. The molecule has 1 aromatic carbocycles. The predicted octanol–water partition coefficient (Wildman–Crippen LogP) is 4.73. The number of nitrogens with zero attached hydrogens (tertiary/aromatic N) is 1. The molecule has 4 nitrogen and oxygen atoms in total. The summed E-state index contributed by atoms with van der Waals surface area (Å²) in [6.07, 6.45) is 11.2. The molecular weight excluding hydrogens is 345 g/mol. The number of benzene rings is 1.